The Balaban J connectivity index is 1.87. The molecule has 1 aliphatic heterocycles. The molecule has 1 unspecified atom stereocenters. The van der Waals surface area contributed by atoms with Crippen molar-refractivity contribution in [3.63, 3.8) is 0 Å². The van der Waals surface area contributed by atoms with E-state index in [2.05, 4.69) is 14.9 Å². The first kappa shape index (κ1) is 12.5. The van der Waals surface area contributed by atoms with Crippen molar-refractivity contribution >= 4 is 11.5 Å². The fourth-order valence-corrected chi connectivity index (χ4v) is 3.65. The van der Waals surface area contributed by atoms with Gasteiger partial charge in [-0.2, -0.15) is 4.98 Å². The largest absolute Gasteiger partial charge is 0.479 e. The molecule has 104 valence electrons. The molecule has 0 amide bonds. The van der Waals surface area contributed by atoms with Gasteiger partial charge in [-0.15, -0.1) is 0 Å². The van der Waals surface area contributed by atoms with E-state index in [4.69, 9.17) is 10.5 Å². The van der Waals surface area contributed by atoms with E-state index in [9.17, 15) is 0 Å². The summed E-state index contributed by atoms with van der Waals surface area (Å²) in [6.07, 6.45) is 9.49. The first-order chi connectivity index (χ1) is 9.31. The number of nitrogens with zero attached hydrogens (tertiary/aromatic N) is 3. The van der Waals surface area contributed by atoms with Gasteiger partial charge in [-0.25, -0.2) is 4.98 Å². The topological polar surface area (TPSA) is 64.3 Å². The quantitative estimate of drug-likeness (QED) is 0.905. The predicted molar refractivity (Wildman–Crippen MR) is 75.3 cm³/mol. The van der Waals surface area contributed by atoms with Crippen molar-refractivity contribution in [2.75, 3.05) is 24.3 Å². The zero-order chi connectivity index (χ0) is 13.2. The van der Waals surface area contributed by atoms with Crippen molar-refractivity contribution in [1.29, 1.82) is 0 Å². The molecule has 2 heterocycles. The normalized spacial score (nSPS) is 24.1. The van der Waals surface area contributed by atoms with E-state index >= 15 is 0 Å². The van der Waals surface area contributed by atoms with Gasteiger partial charge in [0, 0.05) is 12.6 Å². The van der Waals surface area contributed by atoms with Gasteiger partial charge < -0.3 is 15.4 Å². The van der Waals surface area contributed by atoms with Gasteiger partial charge in [0.25, 0.3) is 0 Å². The van der Waals surface area contributed by atoms with E-state index in [1.807, 2.05) is 0 Å². The fourth-order valence-electron chi connectivity index (χ4n) is 3.65. The van der Waals surface area contributed by atoms with Crippen LogP contribution in [0.1, 0.15) is 38.5 Å². The molecule has 1 atom stereocenters. The van der Waals surface area contributed by atoms with Crippen LogP contribution < -0.4 is 15.4 Å². The van der Waals surface area contributed by atoms with Crippen molar-refractivity contribution in [2.24, 2.45) is 5.92 Å². The van der Waals surface area contributed by atoms with Gasteiger partial charge >= 0.3 is 0 Å². The summed E-state index contributed by atoms with van der Waals surface area (Å²) < 4.78 is 5.20. The highest BCUT2D eigenvalue weighted by Gasteiger charge is 2.35. The van der Waals surface area contributed by atoms with E-state index in [-0.39, 0.29) is 0 Å². The maximum atomic E-state index is 6.14. The first-order valence-corrected chi connectivity index (χ1v) is 7.22. The van der Waals surface area contributed by atoms with Crippen LogP contribution in [0.15, 0.2) is 6.33 Å². The summed E-state index contributed by atoms with van der Waals surface area (Å²) in [6.45, 7) is 1.05. The average Bonchev–Trinajstić information content (AvgIpc) is 3.09. The molecule has 5 nitrogen and oxygen atoms in total. The molecule has 3 rings (SSSR count). The third-order valence-electron chi connectivity index (χ3n) is 4.53. The summed E-state index contributed by atoms with van der Waals surface area (Å²) in [6, 6.07) is 0.601. The zero-order valence-corrected chi connectivity index (χ0v) is 11.5. The minimum Gasteiger partial charge on any atom is -0.479 e. The molecule has 1 aromatic heterocycles. The summed E-state index contributed by atoms with van der Waals surface area (Å²) >= 11 is 0. The van der Waals surface area contributed by atoms with E-state index < -0.39 is 0 Å². The van der Waals surface area contributed by atoms with Crippen molar-refractivity contribution in [2.45, 2.75) is 44.6 Å². The highest BCUT2D eigenvalue weighted by molar-refractivity contribution is 5.68. The molecule has 1 saturated carbocycles. The number of hydrogen-bond acceptors (Lipinski definition) is 5. The van der Waals surface area contributed by atoms with Crippen LogP contribution in [0.2, 0.25) is 0 Å². The number of rotatable bonds is 3. The van der Waals surface area contributed by atoms with Gasteiger partial charge in [-0.05, 0) is 31.6 Å². The number of nitrogens with two attached hydrogens (primary N) is 1. The standard InChI is InChI=1S/C14H22N4O/c1-19-14-12(15)13(16-9-17-14)18-8-4-7-11(18)10-5-2-3-6-10/h9-11H,2-8,15H2,1H3. The van der Waals surface area contributed by atoms with Crippen LogP contribution in [0, 0.1) is 5.92 Å². The van der Waals surface area contributed by atoms with Crippen molar-refractivity contribution in [3.05, 3.63) is 6.33 Å². The Morgan fingerprint density at radius 3 is 2.74 bits per heavy atom. The Morgan fingerprint density at radius 1 is 1.21 bits per heavy atom. The molecule has 5 heteroatoms. The lowest BCUT2D eigenvalue weighted by molar-refractivity contribution is 0.397. The Morgan fingerprint density at radius 2 is 2.00 bits per heavy atom. The van der Waals surface area contributed by atoms with Crippen LogP contribution in [0.4, 0.5) is 11.5 Å². The Bertz CT molecular complexity index is 445. The molecule has 1 saturated heterocycles. The molecule has 1 aliphatic carbocycles. The van der Waals surface area contributed by atoms with Crippen LogP contribution in [-0.2, 0) is 0 Å². The maximum absolute atomic E-state index is 6.14. The van der Waals surface area contributed by atoms with Crippen LogP contribution in [-0.4, -0.2) is 29.7 Å². The minimum absolute atomic E-state index is 0.488. The minimum atomic E-state index is 0.488. The number of ether oxygens (including phenoxy) is 1. The number of methoxy groups -OCH3 is 1. The summed E-state index contributed by atoms with van der Waals surface area (Å²) in [5, 5.41) is 0. The molecule has 2 fully saturated rings. The van der Waals surface area contributed by atoms with Crippen LogP contribution >= 0.6 is 0 Å². The maximum Gasteiger partial charge on any atom is 0.242 e. The Hall–Kier alpha value is -1.52. The lowest BCUT2D eigenvalue weighted by Gasteiger charge is -2.31. The summed E-state index contributed by atoms with van der Waals surface area (Å²) in [7, 11) is 1.60. The molecule has 1 aromatic rings. The van der Waals surface area contributed by atoms with Gasteiger partial charge in [0.2, 0.25) is 5.88 Å². The molecule has 2 N–H and O–H groups in total. The summed E-state index contributed by atoms with van der Waals surface area (Å²) in [5.41, 5.74) is 6.72. The second-order valence-corrected chi connectivity index (χ2v) is 5.57. The van der Waals surface area contributed by atoms with Gasteiger partial charge in [0.1, 0.15) is 12.0 Å². The van der Waals surface area contributed by atoms with Crippen molar-refractivity contribution < 1.29 is 4.74 Å². The second kappa shape index (κ2) is 5.23. The van der Waals surface area contributed by atoms with Crippen LogP contribution in [0.3, 0.4) is 0 Å². The lowest BCUT2D eigenvalue weighted by atomic mass is 9.96. The van der Waals surface area contributed by atoms with Crippen molar-refractivity contribution in [3.8, 4) is 5.88 Å². The van der Waals surface area contributed by atoms with Crippen LogP contribution in [0.5, 0.6) is 5.88 Å². The number of hydrogen-bond donors (Lipinski definition) is 1. The van der Waals surface area contributed by atoms with Gasteiger partial charge in [0.15, 0.2) is 5.82 Å². The Labute approximate surface area is 114 Å². The van der Waals surface area contributed by atoms with Gasteiger partial charge in [-0.3, -0.25) is 0 Å². The third-order valence-corrected chi connectivity index (χ3v) is 4.53. The van der Waals surface area contributed by atoms with E-state index in [1.165, 1.54) is 38.5 Å². The monoisotopic (exact) mass is 262 g/mol. The molecular weight excluding hydrogens is 240 g/mol. The average molecular weight is 262 g/mol. The van der Waals surface area contributed by atoms with E-state index in [1.54, 1.807) is 13.4 Å². The number of anilines is 2. The number of nitrogen functional groups attached to an aromatic ring is 1. The van der Waals surface area contributed by atoms with E-state index in [0.717, 1.165) is 18.3 Å². The summed E-state index contributed by atoms with van der Waals surface area (Å²) in [4.78, 5) is 10.9. The number of aromatic nitrogens is 2. The molecule has 0 radical (unpaired) electrons. The van der Waals surface area contributed by atoms with E-state index in [0.29, 0.717) is 17.6 Å². The molecule has 2 aliphatic rings. The lowest BCUT2D eigenvalue weighted by Crippen LogP contribution is -2.35. The zero-order valence-electron chi connectivity index (χ0n) is 11.5. The molecule has 0 bridgehead atoms. The second-order valence-electron chi connectivity index (χ2n) is 5.57. The highest BCUT2D eigenvalue weighted by atomic mass is 16.5. The first-order valence-electron chi connectivity index (χ1n) is 7.22. The third kappa shape index (κ3) is 2.22. The fraction of sp³-hybridized carbons (Fsp3) is 0.714. The molecule has 19 heavy (non-hydrogen) atoms. The summed E-state index contributed by atoms with van der Waals surface area (Å²) in [5.74, 6) is 2.16. The van der Waals surface area contributed by atoms with Gasteiger partial charge in [0.05, 0.1) is 7.11 Å². The van der Waals surface area contributed by atoms with Gasteiger partial charge in [-0.1, -0.05) is 12.8 Å². The van der Waals surface area contributed by atoms with Crippen molar-refractivity contribution in [1.82, 2.24) is 9.97 Å². The Kier molecular flexibility index (Phi) is 3.44. The molecule has 0 aromatic carbocycles. The van der Waals surface area contributed by atoms with Crippen LogP contribution in [0.25, 0.3) is 0 Å². The predicted octanol–water partition coefficient (Wildman–Crippen LogP) is 2.23. The SMILES string of the molecule is COc1ncnc(N2CCCC2C2CCCC2)c1N. The highest BCUT2D eigenvalue weighted by Crippen LogP contribution is 2.39. The smallest absolute Gasteiger partial charge is 0.242 e. The molecular formula is C14H22N4O. The molecule has 0 spiro atoms.